The van der Waals surface area contributed by atoms with Crippen molar-refractivity contribution in [3.8, 4) is 0 Å². The number of hydrogen-bond acceptors (Lipinski definition) is 3. The molecule has 0 aromatic carbocycles. The van der Waals surface area contributed by atoms with Gasteiger partial charge in [0.1, 0.15) is 0 Å². The van der Waals surface area contributed by atoms with Gasteiger partial charge in [-0.1, -0.05) is 0 Å². The van der Waals surface area contributed by atoms with Crippen LogP contribution in [0.15, 0.2) is 0 Å². The van der Waals surface area contributed by atoms with E-state index in [1.807, 2.05) is 0 Å². The third kappa shape index (κ3) is 1.52. The lowest BCUT2D eigenvalue weighted by molar-refractivity contribution is -0.119. The van der Waals surface area contributed by atoms with Crippen molar-refractivity contribution >= 4 is 5.91 Å². The molecule has 62 valence electrons. The lowest BCUT2D eigenvalue weighted by Gasteiger charge is -2.29. The first kappa shape index (κ1) is 7.06. The molecular formula is C7H12N2O2. The molecule has 0 aromatic heterocycles. The van der Waals surface area contributed by atoms with Crippen molar-refractivity contribution in [2.24, 2.45) is 0 Å². The summed E-state index contributed by atoms with van der Waals surface area (Å²) in [7, 11) is 0. The summed E-state index contributed by atoms with van der Waals surface area (Å²) in [5.74, 6) is 0.155. The van der Waals surface area contributed by atoms with Gasteiger partial charge in [-0.05, 0) is 0 Å². The molecule has 0 saturated carbocycles. The summed E-state index contributed by atoms with van der Waals surface area (Å²) in [6.07, 6.45) is 0.622. The molecule has 1 atom stereocenters. The second-order valence-corrected chi connectivity index (χ2v) is 3.11. The monoisotopic (exact) mass is 156 g/mol. The van der Waals surface area contributed by atoms with E-state index in [9.17, 15) is 4.79 Å². The van der Waals surface area contributed by atoms with E-state index < -0.39 is 0 Å². The minimum absolute atomic E-state index is 0.155. The van der Waals surface area contributed by atoms with E-state index in [0.717, 1.165) is 19.8 Å². The standard InChI is InChI=1S/C7H12N2O2/c10-7-1-5(2-8-7)9-6-3-11-4-6/h5-6,9H,1-4H2,(H,8,10). The molecule has 2 heterocycles. The Morgan fingerprint density at radius 2 is 2.27 bits per heavy atom. The number of hydrogen-bond donors (Lipinski definition) is 2. The maximum absolute atomic E-state index is 10.8. The molecule has 1 amide bonds. The number of rotatable bonds is 2. The Bertz CT molecular complexity index is 168. The number of carbonyl (C=O) groups excluding carboxylic acids is 1. The van der Waals surface area contributed by atoms with Crippen LogP contribution in [0.5, 0.6) is 0 Å². The highest BCUT2D eigenvalue weighted by Crippen LogP contribution is 2.05. The summed E-state index contributed by atoms with van der Waals surface area (Å²) in [6.45, 7) is 2.37. The van der Waals surface area contributed by atoms with Crippen LogP contribution in [0.4, 0.5) is 0 Å². The molecule has 4 heteroatoms. The fourth-order valence-electron chi connectivity index (χ4n) is 1.39. The topological polar surface area (TPSA) is 50.4 Å². The van der Waals surface area contributed by atoms with Crippen LogP contribution >= 0.6 is 0 Å². The van der Waals surface area contributed by atoms with E-state index >= 15 is 0 Å². The van der Waals surface area contributed by atoms with E-state index in [2.05, 4.69) is 10.6 Å². The summed E-state index contributed by atoms with van der Waals surface area (Å²) >= 11 is 0. The van der Waals surface area contributed by atoms with Gasteiger partial charge in [0.15, 0.2) is 0 Å². The number of carbonyl (C=O) groups is 1. The maximum atomic E-state index is 10.8. The molecule has 2 N–H and O–H groups in total. The predicted molar refractivity (Wildman–Crippen MR) is 39.2 cm³/mol. The zero-order valence-corrected chi connectivity index (χ0v) is 6.30. The van der Waals surface area contributed by atoms with Crippen molar-refractivity contribution in [1.82, 2.24) is 10.6 Å². The summed E-state index contributed by atoms with van der Waals surface area (Å²) in [5.41, 5.74) is 0. The quantitative estimate of drug-likeness (QED) is 0.531. The van der Waals surface area contributed by atoms with Gasteiger partial charge < -0.3 is 15.4 Å². The highest BCUT2D eigenvalue weighted by Gasteiger charge is 2.26. The lowest BCUT2D eigenvalue weighted by Crippen LogP contribution is -2.50. The molecule has 0 aliphatic carbocycles. The van der Waals surface area contributed by atoms with Gasteiger partial charge in [-0.25, -0.2) is 0 Å². The fourth-order valence-corrected chi connectivity index (χ4v) is 1.39. The average Bonchev–Trinajstić information content (AvgIpc) is 2.27. The van der Waals surface area contributed by atoms with Crippen LogP contribution < -0.4 is 10.6 Å². The summed E-state index contributed by atoms with van der Waals surface area (Å²) in [6, 6.07) is 0.809. The van der Waals surface area contributed by atoms with Gasteiger partial charge in [-0.2, -0.15) is 0 Å². The predicted octanol–water partition coefficient (Wildman–Crippen LogP) is -1.14. The zero-order valence-electron chi connectivity index (χ0n) is 6.30. The Hall–Kier alpha value is -0.610. The van der Waals surface area contributed by atoms with Crippen molar-refractivity contribution in [3.05, 3.63) is 0 Å². The van der Waals surface area contributed by atoms with E-state index in [1.165, 1.54) is 0 Å². The SMILES string of the molecule is O=C1CC(NC2COC2)CN1. The molecule has 4 nitrogen and oxygen atoms in total. The normalized spacial score (nSPS) is 31.6. The van der Waals surface area contributed by atoms with Crippen LogP contribution in [0.3, 0.4) is 0 Å². The van der Waals surface area contributed by atoms with Gasteiger partial charge in [0.05, 0.1) is 19.3 Å². The smallest absolute Gasteiger partial charge is 0.221 e. The molecule has 11 heavy (non-hydrogen) atoms. The van der Waals surface area contributed by atoms with Gasteiger partial charge in [-0.15, -0.1) is 0 Å². The number of nitrogens with one attached hydrogen (secondary N) is 2. The van der Waals surface area contributed by atoms with Crippen LogP contribution in [-0.2, 0) is 9.53 Å². The molecule has 2 aliphatic rings. The fraction of sp³-hybridized carbons (Fsp3) is 0.857. The largest absolute Gasteiger partial charge is 0.378 e. The molecule has 0 aromatic rings. The Balaban J connectivity index is 1.73. The van der Waals surface area contributed by atoms with Crippen LogP contribution in [0.1, 0.15) is 6.42 Å². The molecule has 0 spiro atoms. The summed E-state index contributed by atoms with van der Waals surface area (Å²) < 4.78 is 5.00. The van der Waals surface area contributed by atoms with E-state index in [0.29, 0.717) is 18.5 Å². The van der Waals surface area contributed by atoms with E-state index in [-0.39, 0.29) is 5.91 Å². The van der Waals surface area contributed by atoms with Crippen molar-refractivity contribution in [3.63, 3.8) is 0 Å². The highest BCUT2D eigenvalue weighted by atomic mass is 16.5. The molecule has 0 radical (unpaired) electrons. The molecule has 2 rings (SSSR count). The molecule has 2 aliphatic heterocycles. The van der Waals surface area contributed by atoms with Gasteiger partial charge in [0, 0.05) is 19.0 Å². The van der Waals surface area contributed by atoms with Gasteiger partial charge >= 0.3 is 0 Å². The minimum atomic E-state index is 0.155. The van der Waals surface area contributed by atoms with Crippen molar-refractivity contribution in [2.75, 3.05) is 19.8 Å². The Labute approximate surface area is 65.3 Å². The van der Waals surface area contributed by atoms with E-state index in [4.69, 9.17) is 4.74 Å². The lowest BCUT2D eigenvalue weighted by atomic mass is 10.2. The van der Waals surface area contributed by atoms with E-state index in [1.54, 1.807) is 0 Å². The molecular weight excluding hydrogens is 144 g/mol. The van der Waals surface area contributed by atoms with Crippen LogP contribution in [0.25, 0.3) is 0 Å². The van der Waals surface area contributed by atoms with Crippen LogP contribution in [0.2, 0.25) is 0 Å². The zero-order chi connectivity index (χ0) is 7.68. The molecule has 0 bridgehead atoms. The van der Waals surface area contributed by atoms with Crippen LogP contribution in [-0.4, -0.2) is 37.7 Å². The van der Waals surface area contributed by atoms with Crippen molar-refractivity contribution in [1.29, 1.82) is 0 Å². The highest BCUT2D eigenvalue weighted by molar-refractivity contribution is 5.78. The second-order valence-electron chi connectivity index (χ2n) is 3.11. The van der Waals surface area contributed by atoms with Gasteiger partial charge in [-0.3, -0.25) is 4.79 Å². The maximum Gasteiger partial charge on any atom is 0.221 e. The van der Waals surface area contributed by atoms with Crippen molar-refractivity contribution < 1.29 is 9.53 Å². The molecule has 1 unspecified atom stereocenters. The first-order valence-electron chi connectivity index (χ1n) is 3.95. The summed E-state index contributed by atoms with van der Waals surface area (Å²) in [4.78, 5) is 10.8. The number of amides is 1. The third-order valence-electron chi connectivity index (χ3n) is 2.09. The Kier molecular flexibility index (Phi) is 1.79. The molecule has 2 fully saturated rings. The molecule has 2 saturated heterocycles. The first-order valence-corrected chi connectivity index (χ1v) is 3.95. The van der Waals surface area contributed by atoms with Crippen LogP contribution in [0, 0.1) is 0 Å². The van der Waals surface area contributed by atoms with Gasteiger partial charge in [0.25, 0.3) is 0 Å². The van der Waals surface area contributed by atoms with Gasteiger partial charge in [0.2, 0.25) is 5.91 Å². The van der Waals surface area contributed by atoms with Crippen molar-refractivity contribution in [2.45, 2.75) is 18.5 Å². The minimum Gasteiger partial charge on any atom is -0.378 e. The first-order chi connectivity index (χ1) is 5.34. The Morgan fingerprint density at radius 3 is 2.73 bits per heavy atom. The average molecular weight is 156 g/mol. The second kappa shape index (κ2) is 2.79. The Morgan fingerprint density at radius 1 is 1.45 bits per heavy atom. The summed E-state index contributed by atoms with van der Waals surface area (Å²) in [5, 5.41) is 6.12. The third-order valence-corrected chi connectivity index (χ3v) is 2.09. The number of ether oxygens (including phenoxy) is 1.